The van der Waals surface area contributed by atoms with Crippen LogP contribution in [0.4, 0.5) is 0 Å². The molecule has 0 aliphatic carbocycles. The molecule has 21 heavy (non-hydrogen) atoms. The van der Waals surface area contributed by atoms with Crippen molar-refractivity contribution < 1.29 is 14.7 Å². The Bertz CT molecular complexity index is 548. The van der Waals surface area contributed by atoms with Crippen LogP contribution in [0.15, 0.2) is 22.7 Å². The topological polar surface area (TPSA) is 60.9 Å². The smallest absolute Gasteiger partial charge is 0.317 e. The van der Waals surface area contributed by atoms with Crippen molar-refractivity contribution in [3.63, 3.8) is 0 Å². The largest absolute Gasteiger partial charge is 0.480 e. The average Bonchev–Trinajstić information content (AvgIpc) is 2.66. The van der Waals surface area contributed by atoms with E-state index in [4.69, 9.17) is 5.11 Å². The molecule has 1 heterocycles. The van der Waals surface area contributed by atoms with E-state index in [2.05, 4.69) is 15.9 Å². The third kappa shape index (κ3) is 4.28. The molecule has 1 aromatic rings. The zero-order valence-electron chi connectivity index (χ0n) is 12.0. The van der Waals surface area contributed by atoms with Crippen LogP contribution in [0.3, 0.4) is 0 Å². The maximum absolute atomic E-state index is 12.6. The maximum atomic E-state index is 12.6. The Hall–Kier alpha value is -1.40. The van der Waals surface area contributed by atoms with E-state index in [0.717, 1.165) is 16.5 Å². The van der Waals surface area contributed by atoms with E-state index >= 15 is 0 Å². The first-order chi connectivity index (χ1) is 9.97. The Morgan fingerprint density at radius 1 is 1.24 bits per heavy atom. The predicted octanol–water partition coefficient (Wildman–Crippen LogP) is 1.99. The van der Waals surface area contributed by atoms with Crippen LogP contribution in [-0.2, 0) is 4.79 Å². The highest BCUT2D eigenvalue weighted by Gasteiger charge is 2.22. The number of amides is 1. The Morgan fingerprint density at radius 3 is 2.71 bits per heavy atom. The van der Waals surface area contributed by atoms with Gasteiger partial charge in [0.2, 0.25) is 0 Å². The summed E-state index contributed by atoms with van der Waals surface area (Å²) in [4.78, 5) is 27.1. The number of hydrogen-bond donors (Lipinski definition) is 1. The van der Waals surface area contributed by atoms with Gasteiger partial charge in [0.15, 0.2) is 0 Å². The molecule has 1 fully saturated rings. The van der Waals surface area contributed by atoms with E-state index in [9.17, 15) is 9.59 Å². The van der Waals surface area contributed by atoms with Crippen molar-refractivity contribution in [2.24, 2.45) is 0 Å². The molecule has 0 spiro atoms. The second kappa shape index (κ2) is 7.04. The number of aliphatic carboxylic acids is 1. The number of carbonyl (C=O) groups excluding carboxylic acids is 1. The van der Waals surface area contributed by atoms with Crippen LogP contribution in [0.5, 0.6) is 0 Å². The van der Waals surface area contributed by atoms with Crippen LogP contribution >= 0.6 is 15.9 Å². The predicted molar refractivity (Wildman–Crippen MR) is 83.5 cm³/mol. The number of carbonyl (C=O) groups is 2. The van der Waals surface area contributed by atoms with Crippen molar-refractivity contribution in [3.8, 4) is 0 Å². The number of aryl methyl sites for hydroxylation is 1. The standard InChI is InChI=1S/C15H19BrN2O3/c1-11-3-4-12(16)9-13(11)15(21)18-6-2-5-17(7-8-18)10-14(19)20/h3-4,9H,2,5-8,10H2,1H3,(H,19,20). The lowest BCUT2D eigenvalue weighted by Crippen LogP contribution is -2.37. The highest BCUT2D eigenvalue weighted by atomic mass is 79.9. The summed E-state index contributed by atoms with van der Waals surface area (Å²) in [5.74, 6) is -0.802. The molecule has 0 atom stereocenters. The Balaban J connectivity index is 2.06. The lowest BCUT2D eigenvalue weighted by atomic mass is 10.1. The minimum atomic E-state index is -0.822. The minimum Gasteiger partial charge on any atom is -0.480 e. The van der Waals surface area contributed by atoms with Gasteiger partial charge in [-0.05, 0) is 31.0 Å². The molecule has 1 aromatic carbocycles. The van der Waals surface area contributed by atoms with Gasteiger partial charge in [-0.1, -0.05) is 22.0 Å². The summed E-state index contributed by atoms with van der Waals surface area (Å²) in [7, 11) is 0. The van der Waals surface area contributed by atoms with Crippen molar-refractivity contribution in [3.05, 3.63) is 33.8 Å². The summed E-state index contributed by atoms with van der Waals surface area (Å²) in [6.45, 7) is 4.52. The summed E-state index contributed by atoms with van der Waals surface area (Å²) >= 11 is 3.40. The van der Waals surface area contributed by atoms with Crippen molar-refractivity contribution in [2.75, 3.05) is 32.7 Å². The SMILES string of the molecule is Cc1ccc(Br)cc1C(=O)N1CCCN(CC(=O)O)CC1. The number of carboxylic acid groups (broad SMARTS) is 1. The highest BCUT2D eigenvalue weighted by Crippen LogP contribution is 2.18. The molecule has 0 bridgehead atoms. The number of benzene rings is 1. The first-order valence-corrected chi connectivity index (χ1v) is 7.76. The van der Waals surface area contributed by atoms with Crippen LogP contribution in [0.25, 0.3) is 0 Å². The van der Waals surface area contributed by atoms with Gasteiger partial charge in [0.25, 0.3) is 5.91 Å². The molecule has 5 nitrogen and oxygen atoms in total. The second-order valence-electron chi connectivity index (χ2n) is 5.27. The van der Waals surface area contributed by atoms with Gasteiger partial charge < -0.3 is 10.0 Å². The summed E-state index contributed by atoms with van der Waals surface area (Å²) in [5.41, 5.74) is 1.66. The zero-order chi connectivity index (χ0) is 15.4. The molecule has 1 aliphatic heterocycles. The summed E-state index contributed by atoms with van der Waals surface area (Å²) in [6.07, 6.45) is 0.798. The van der Waals surface area contributed by atoms with E-state index in [-0.39, 0.29) is 12.5 Å². The molecule has 0 aromatic heterocycles. The van der Waals surface area contributed by atoms with Crippen molar-refractivity contribution in [1.29, 1.82) is 0 Å². The van der Waals surface area contributed by atoms with Gasteiger partial charge in [0, 0.05) is 36.2 Å². The van der Waals surface area contributed by atoms with Gasteiger partial charge in [-0.25, -0.2) is 0 Å². The molecule has 1 amide bonds. The van der Waals surface area contributed by atoms with Crippen LogP contribution < -0.4 is 0 Å². The lowest BCUT2D eigenvalue weighted by Gasteiger charge is -2.22. The zero-order valence-corrected chi connectivity index (χ0v) is 13.6. The fraction of sp³-hybridized carbons (Fsp3) is 0.467. The third-order valence-corrected chi connectivity index (χ3v) is 4.16. The number of carboxylic acids is 1. The van der Waals surface area contributed by atoms with E-state index in [1.165, 1.54) is 0 Å². The van der Waals surface area contributed by atoms with E-state index in [1.54, 1.807) is 0 Å². The Morgan fingerprint density at radius 2 is 2.00 bits per heavy atom. The van der Waals surface area contributed by atoms with Crippen LogP contribution in [0, 0.1) is 6.92 Å². The molecule has 2 rings (SSSR count). The molecule has 114 valence electrons. The van der Waals surface area contributed by atoms with Gasteiger partial charge in [-0.3, -0.25) is 14.5 Å². The Labute approximate surface area is 132 Å². The van der Waals surface area contributed by atoms with Gasteiger partial charge >= 0.3 is 5.97 Å². The summed E-state index contributed by atoms with van der Waals surface area (Å²) in [5, 5.41) is 8.85. The van der Waals surface area contributed by atoms with Crippen LogP contribution in [0.1, 0.15) is 22.3 Å². The Kier molecular flexibility index (Phi) is 5.36. The average molecular weight is 355 g/mol. The first-order valence-electron chi connectivity index (χ1n) is 6.97. The highest BCUT2D eigenvalue weighted by molar-refractivity contribution is 9.10. The van der Waals surface area contributed by atoms with Crippen molar-refractivity contribution in [2.45, 2.75) is 13.3 Å². The third-order valence-electron chi connectivity index (χ3n) is 3.66. The van der Waals surface area contributed by atoms with Crippen LogP contribution in [0.2, 0.25) is 0 Å². The molecule has 0 radical (unpaired) electrons. The van der Waals surface area contributed by atoms with Crippen molar-refractivity contribution in [1.82, 2.24) is 9.80 Å². The fourth-order valence-electron chi connectivity index (χ4n) is 2.52. The van der Waals surface area contributed by atoms with Gasteiger partial charge in [-0.2, -0.15) is 0 Å². The first kappa shape index (κ1) is 16.0. The maximum Gasteiger partial charge on any atom is 0.317 e. The minimum absolute atomic E-state index is 0.0194. The van der Waals surface area contributed by atoms with E-state index < -0.39 is 5.97 Å². The molecule has 0 saturated carbocycles. The number of hydrogen-bond acceptors (Lipinski definition) is 3. The van der Waals surface area contributed by atoms with Gasteiger partial charge in [0.05, 0.1) is 6.54 Å². The number of nitrogens with zero attached hydrogens (tertiary/aromatic N) is 2. The van der Waals surface area contributed by atoms with Gasteiger partial charge in [0.1, 0.15) is 0 Å². The molecule has 1 N–H and O–H groups in total. The fourth-order valence-corrected chi connectivity index (χ4v) is 2.88. The molecule has 0 unspecified atom stereocenters. The number of rotatable bonds is 3. The normalized spacial score (nSPS) is 16.6. The van der Waals surface area contributed by atoms with E-state index in [1.807, 2.05) is 34.9 Å². The number of halogens is 1. The van der Waals surface area contributed by atoms with E-state index in [0.29, 0.717) is 31.7 Å². The van der Waals surface area contributed by atoms with Crippen LogP contribution in [-0.4, -0.2) is 59.5 Å². The molecule has 1 saturated heterocycles. The summed E-state index contributed by atoms with van der Waals surface area (Å²) < 4.78 is 0.888. The quantitative estimate of drug-likeness (QED) is 0.901. The monoisotopic (exact) mass is 354 g/mol. The van der Waals surface area contributed by atoms with Crippen molar-refractivity contribution >= 4 is 27.8 Å². The van der Waals surface area contributed by atoms with Gasteiger partial charge in [-0.15, -0.1) is 0 Å². The molecule has 1 aliphatic rings. The summed E-state index contributed by atoms with van der Waals surface area (Å²) in [6, 6.07) is 5.69. The molecule has 6 heteroatoms. The second-order valence-corrected chi connectivity index (χ2v) is 6.19. The molecular weight excluding hydrogens is 336 g/mol. The molecular formula is C15H19BrN2O3. The lowest BCUT2D eigenvalue weighted by molar-refractivity contribution is -0.138.